The van der Waals surface area contributed by atoms with E-state index in [9.17, 15) is 14.4 Å². The molecule has 0 fully saturated rings. The molecule has 8 nitrogen and oxygen atoms in total. The number of amides is 2. The van der Waals surface area contributed by atoms with Crippen molar-refractivity contribution in [2.24, 2.45) is 11.5 Å². The average Bonchev–Trinajstić information content (AvgIpc) is 3.04. The van der Waals surface area contributed by atoms with Gasteiger partial charge in [-0.05, 0) is 47.7 Å². The fraction of sp³-hybridized carbons (Fsp3) is 0.306. The minimum absolute atomic E-state index is 0.0562. The molecule has 1 atom stereocenters. The summed E-state index contributed by atoms with van der Waals surface area (Å²) >= 11 is 0. The Balaban J connectivity index is 1.37. The Morgan fingerprint density at radius 2 is 1.36 bits per heavy atom. The lowest BCUT2D eigenvalue weighted by Crippen LogP contribution is -2.59. The van der Waals surface area contributed by atoms with E-state index < -0.39 is 11.8 Å². The Morgan fingerprint density at radius 1 is 0.750 bits per heavy atom. The van der Waals surface area contributed by atoms with E-state index in [1.807, 2.05) is 103 Å². The van der Waals surface area contributed by atoms with E-state index in [0.717, 1.165) is 28.3 Å². The summed E-state index contributed by atoms with van der Waals surface area (Å²) in [6.07, 6.45) is 2.05. The highest BCUT2D eigenvalue weighted by Gasteiger charge is 2.34. The topological polar surface area (TPSA) is 139 Å². The van der Waals surface area contributed by atoms with E-state index in [4.69, 9.17) is 11.5 Å². The summed E-state index contributed by atoms with van der Waals surface area (Å²) in [6, 6.07) is 33.8. The molecule has 0 heterocycles. The van der Waals surface area contributed by atoms with Crippen molar-refractivity contribution in [1.82, 2.24) is 16.0 Å². The lowest BCUT2D eigenvalue weighted by atomic mass is 9.89. The van der Waals surface area contributed by atoms with Crippen molar-refractivity contribution in [3.63, 3.8) is 0 Å². The minimum atomic E-state index is -1.17. The molecule has 0 aliphatic heterocycles. The summed E-state index contributed by atoms with van der Waals surface area (Å²) in [4.78, 5) is 39.4. The maximum atomic E-state index is 13.7. The van der Waals surface area contributed by atoms with Crippen molar-refractivity contribution >= 4 is 28.4 Å². The predicted molar refractivity (Wildman–Crippen MR) is 176 cm³/mol. The zero-order valence-electron chi connectivity index (χ0n) is 25.3. The quantitative estimate of drug-likeness (QED) is 0.0732. The van der Waals surface area contributed by atoms with Crippen LogP contribution < -0.4 is 27.4 Å². The molecule has 4 aromatic carbocycles. The molecule has 0 unspecified atom stereocenters. The van der Waals surface area contributed by atoms with Crippen LogP contribution in [-0.4, -0.2) is 42.5 Å². The highest BCUT2D eigenvalue weighted by Crippen LogP contribution is 2.25. The highest BCUT2D eigenvalue weighted by atomic mass is 16.2. The van der Waals surface area contributed by atoms with Gasteiger partial charge in [0.25, 0.3) is 0 Å². The number of carbonyl (C=O) groups is 3. The third-order valence-corrected chi connectivity index (χ3v) is 7.94. The number of hydrogen-bond donors (Lipinski definition) is 5. The van der Waals surface area contributed by atoms with Crippen molar-refractivity contribution < 1.29 is 14.4 Å². The summed E-state index contributed by atoms with van der Waals surface area (Å²) in [6.45, 7) is 1.99. The molecule has 0 radical (unpaired) electrons. The molecule has 4 rings (SSSR count). The first-order valence-electron chi connectivity index (χ1n) is 15.2. The molecule has 0 spiro atoms. The maximum Gasteiger partial charge on any atom is 0.245 e. The third kappa shape index (κ3) is 9.31. The van der Waals surface area contributed by atoms with Crippen LogP contribution >= 0.6 is 0 Å². The largest absolute Gasteiger partial charge is 0.353 e. The standard InChI is InChI=1S/C36H43N5O3/c1-36(41-33(43)25-40-35(37)38,22-12-4-9-19-32(42)30-21-20-26-13-10-11-18-29(26)23-30)34(44)39-24-31(27-14-5-2-6-15-27)28-16-7-3-8-17-28/h2-3,5-8,10-11,13-18,20-21,23,31,35,40H,4,9,12,19,22,24-25,37-38H2,1H3,(H,39,44)(H,41,43)/t36-/m0/s1. The molecule has 0 aromatic heterocycles. The molecule has 0 bridgehead atoms. The summed E-state index contributed by atoms with van der Waals surface area (Å²) in [5.74, 6) is -0.606. The number of unbranched alkanes of at least 4 members (excludes halogenated alkanes) is 2. The number of hydrogen-bond acceptors (Lipinski definition) is 6. The van der Waals surface area contributed by atoms with Crippen LogP contribution in [0.1, 0.15) is 66.4 Å². The van der Waals surface area contributed by atoms with Gasteiger partial charge in [-0.2, -0.15) is 0 Å². The molecule has 0 saturated carbocycles. The zero-order chi connectivity index (χ0) is 31.4. The predicted octanol–water partition coefficient (Wildman–Crippen LogP) is 4.59. The number of benzene rings is 4. The van der Waals surface area contributed by atoms with Gasteiger partial charge in [-0.15, -0.1) is 0 Å². The summed E-state index contributed by atoms with van der Waals surface area (Å²) in [5.41, 5.74) is 12.8. The number of nitrogens with two attached hydrogens (primary N) is 2. The van der Waals surface area contributed by atoms with Crippen LogP contribution in [-0.2, 0) is 9.59 Å². The zero-order valence-corrected chi connectivity index (χ0v) is 25.3. The van der Waals surface area contributed by atoms with Crippen molar-refractivity contribution in [3.05, 3.63) is 120 Å². The fourth-order valence-corrected chi connectivity index (χ4v) is 5.43. The van der Waals surface area contributed by atoms with Gasteiger partial charge in [-0.1, -0.05) is 110 Å². The second kappa shape index (κ2) is 15.9. The summed E-state index contributed by atoms with van der Waals surface area (Å²) < 4.78 is 0. The Morgan fingerprint density at radius 3 is 2.00 bits per heavy atom. The number of ketones is 1. The van der Waals surface area contributed by atoms with Gasteiger partial charge in [0.15, 0.2) is 5.78 Å². The smallest absolute Gasteiger partial charge is 0.245 e. The Labute approximate surface area is 259 Å². The van der Waals surface area contributed by atoms with Crippen LogP contribution in [0, 0.1) is 0 Å². The first-order chi connectivity index (χ1) is 21.2. The first-order valence-corrected chi connectivity index (χ1v) is 15.2. The Kier molecular flexibility index (Phi) is 11.8. The lowest BCUT2D eigenvalue weighted by Gasteiger charge is -2.31. The highest BCUT2D eigenvalue weighted by molar-refractivity contribution is 6.00. The number of fused-ring (bicyclic) bond motifs is 1. The lowest BCUT2D eigenvalue weighted by molar-refractivity contribution is -0.133. The van der Waals surface area contributed by atoms with Crippen LogP contribution in [0.15, 0.2) is 103 Å². The Bertz CT molecular complexity index is 1490. The van der Waals surface area contributed by atoms with Gasteiger partial charge in [0.05, 0.1) is 6.54 Å². The van der Waals surface area contributed by atoms with Gasteiger partial charge in [0.2, 0.25) is 11.8 Å². The van der Waals surface area contributed by atoms with Crippen molar-refractivity contribution in [1.29, 1.82) is 0 Å². The van der Waals surface area contributed by atoms with E-state index in [1.165, 1.54) is 0 Å². The first kappa shape index (κ1) is 32.5. The van der Waals surface area contributed by atoms with Gasteiger partial charge in [0.1, 0.15) is 11.8 Å². The monoisotopic (exact) mass is 593 g/mol. The van der Waals surface area contributed by atoms with Crippen LogP contribution in [0.25, 0.3) is 10.8 Å². The second-order valence-electron chi connectivity index (χ2n) is 11.4. The molecule has 2 amide bonds. The maximum absolute atomic E-state index is 13.7. The normalized spacial score (nSPS) is 12.7. The minimum Gasteiger partial charge on any atom is -0.353 e. The van der Waals surface area contributed by atoms with Gasteiger partial charge in [-0.25, -0.2) is 0 Å². The number of rotatable bonds is 16. The second-order valence-corrected chi connectivity index (χ2v) is 11.4. The van der Waals surface area contributed by atoms with Crippen molar-refractivity contribution in [2.75, 3.05) is 13.1 Å². The molecule has 44 heavy (non-hydrogen) atoms. The van der Waals surface area contributed by atoms with Gasteiger partial charge in [0, 0.05) is 24.4 Å². The van der Waals surface area contributed by atoms with Crippen LogP contribution in [0.4, 0.5) is 0 Å². The van der Waals surface area contributed by atoms with E-state index in [-0.39, 0.29) is 30.1 Å². The van der Waals surface area contributed by atoms with Crippen molar-refractivity contribution in [2.45, 2.75) is 56.8 Å². The molecule has 0 saturated heterocycles. The van der Waals surface area contributed by atoms with Crippen LogP contribution in [0.5, 0.6) is 0 Å². The molecule has 230 valence electrons. The van der Waals surface area contributed by atoms with E-state index in [1.54, 1.807) is 6.92 Å². The third-order valence-electron chi connectivity index (χ3n) is 7.94. The SMILES string of the molecule is C[C@@](CCCCCC(=O)c1ccc2ccccc2c1)(NC(=O)CNC(N)N)C(=O)NCC(c1ccccc1)c1ccccc1. The molecule has 0 aliphatic carbocycles. The molecular formula is C36H43N5O3. The fourth-order valence-electron chi connectivity index (χ4n) is 5.43. The molecular weight excluding hydrogens is 550 g/mol. The van der Waals surface area contributed by atoms with E-state index in [2.05, 4.69) is 16.0 Å². The Hall–Kier alpha value is -4.37. The molecule has 7 N–H and O–H groups in total. The summed E-state index contributed by atoms with van der Waals surface area (Å²) in [5, 5.41) is 10.8. The molecule has 4 aromatic rings. The summed E-state index contributed by atoms with van der Waals surface area (Å²) in [7, 11) is 0. The molecule has 0 aliphatic rings. The van der Waals surface area contributed by atoms with Gasteiger partial charge in [-0.3, -0.25) is 19.7 Å². The van der Waals surface area contributed by atoms with E-state index >= 15 is 0 Å². The van der Waals surface area contributed by atoms with Crippen LogP contribution in [0.2, 0.25) is 0 Å². The van der Waals surface area contributed by atoms with Crippen LogP contribution in [0.3, 0.4) is 0 Å². The number of carbonyl (C=O) groups excluding carboxylic acids is 3. The number of Topliss-reactive ketones (excluding diaryl/α,β-unsaturated/α-hetero) is 1. The average molecular weight is 594 g/mol. The van der Waals surface area contributed by atoms with E-state index in [0.29, 0.717) is 37.8 Å². The van der Waals surface area contributed by atoms with Gasteiger partial charge < -0.3 is 22.1 Å². The van der Waals surface area contributed by atoms with Crippen molar-refractivity contribution in [3.8, 4) is 0 Å². The number of nitrogens with one attached hydrogen (secondary N) is 3. The van der Waals surface area contributed by atoms with Gasteiger partial charge >= 0.3 is 0 Å². The molecule has 8 heteroatoms.